The van der Waals surface area contributed by atoms with Gasteiger partial charge >= 0.3 is 0 Å². The summed E-state index contributed by atoms with van der Waals surface area (Å²) >= 11 is 11.6. The predicted molar refractivity (Wildman–Crippen MR) is 78.2 cm³/mol. The fourth-order valence-electron chi connectivity index (χ4n) is 2.11. The molecule has 3 nitrogen and oxygen atoms in total. The Labute approximate surface area is 119 Å². The highest BCUT2D eigenvalue weighted by Crippen LogP contribution is 2.27. The molecule has 1 aromatic heterocycles. The summed E-state index contributed by atoms with van der Waals surface area (Å²) in [5.41, 5.74) is 2.93. The third-order valence-electron chi connectivity index (χ3n) is 2.92. The van der Waals surface area contributed by atoms with Crippen LogP contribution in [-0.2, 0) is 0 Å². The van der Waals surface area contributed by atoms with Crippen molar-refractivity contribution < 1.29 is 0 Å². The molecule has 3 aromatic rings. The zero-order valence-corrected chi connectivity index (χ0v) is 11.3. The van der Waals surface area contributed by atoms with Crippen LogP contribution >= 0.6 is 23.8 Å². The van der Waals surface area contributed by atoms with Gasteiger partial charge in [-0.15, -0.1) is 0 Å². The fourth-order valence-corrected chi connectivity index (χ4v) is 2.67. The van der Waals surface area contributed by atoms with Crippen molar-refractivity contribution >= 4 is 34.9 Å². The number of hydrogen-bond donors (Lipinski definition) is 1. The van der Waals surface area contributed by atoms with Crippen molar-refractivity contribution in [3.8, 4) is 11.8 Å². The van der Waals surface area contributed by atoms with Crippen molar-refractivity contribution in [2.24, 2.45) is 0 Å². The van der Waals surface area contributed by atoms with Gasteiger partial charge in [-0.3, -0.25) is 4.57 Å². The van der Waals surface area contributed by atoms with Gasteiger partial charge in [0.2, 0.25) is 0 Å². The number of nitrogens with zero attached hydrogens (tertiary/aromatic N) is 2. The van der Waals surface area contributed by atoms with Crippen molar-refractivity contribution in [3.63, 3.8) is 0 Å². The summed E-state index contributed by atoms with van der Waals surface area (Å²) in [6, 6.07) is 15.0. The average Bonchev–Trinajstić information content (AvgIpc) is 2.76. The van der Waals surface area contributed by atoms with Crippen LogP contribution in [0, 0.1) is 16.1 Å². The number of fused-ring (bicyclic) bond motifs is 1. The second kappa shape index (κ2) is 4.54. The maximum atomic E-state index is 9.21. The van der Waals surface area contributed by atoms with E-state index in [0.29, 0.717) is 15.4 Å². The number of hydrogen-bond acceptors (Lipinski definition) is 2. The summed E-state index contributed by atoms with van der Waals surface area (Å²) in [6.07, 6.45) is 0. The zero-order valence-electron chi connectivity index (χ0n) is 9.72. The van der Waals surface area contributed by atoms with E-state index >= 15 is 0 Å². The molecular weight excluding hydrogens is 278 g/mol. The maximum Gasteiger partial charge on any atom is 0.182 e. The molecule has 5 heteroatoms. The average molecular weight is 286 g/mol. The van der Waals surface area contributed by atoms with Gasteiger partial charge in [-0.1, -0.05) is 29.8 Å². The van der Waals surface area contributed by atoms with E-state index in [2.05, 4.69) is 11.1 Å². The predicted octanol–water partition coefficient (Wildman–Crippen LogP) is 4.21. The van der Waals surface area contributed by atoms with Gasteiger partial charge in [0.05, 0.1) is 27.3 Å². The lowest BCUT2D eigenvalue weighted by molar-refractivity contribution is 1.06. The molecule has 0 saturated carbocycles. The SMILES string of the molecule is N#Cc1ccccc1-n1c(=S)[nH]c2cccc(Cl)c21. The summed E-state index contributed by atoms with van der Waals surface area (Å²) in [4.78, 5) is 3.10. The van der Waals surface area contributed by atoms with Crippen molar-refractivity contribution in [2.75, 3.05) is 0 Å². The highest BCUT2D eigenvalue weighted by atomic mass is 35.5. The molecule has 3 rings (SSSR count). The van der Waals surface area contributed by atoms with Crippen LogP contribution in [0.1, 0.15) is 5.56 Å². The monoisotopic (exact) mass is 285 g/mol. The van der Waals surface area contributed by atoms with E-state index in [9.17, 15) is 5.26 Å². The van der Waals surface area contributed by atoms with Crippen LogP contribution in [0.4, 0.5) is 0 Å². The molecule has 1 heterocycles. The molecule has 92 valence electrons. The summed E-state index contributed by atoms with van der Waals surface area (Å²) < 4.78 is 2.32. The topological polar surface area (TPSA) is 44.5 Å². The van der Waals surface area contributed by atoms with E-state index in [1.807, 2.05) is 30.3 Å². The van der Waals surface area contributed by atoms with Crippen LogP contribution in [0.15, 0.2) is 42.5 Å². The number of rotatable bonds is 1. The van der Waals surface area contributed by atoms with E-state index in [1.165, 1.54) is 0 Å². The first kappa shape index (κ1) is 12.0. The van der Waals surface area contributed by atoms with Crippen LogP contribution in [0.5, 0.6) is 0 Å². The summed E-state index contributed by atoms with van der Waals surface area (Å²) in [7, 11) is 0. The van der Waals surface area contributed by atoms with Crippen molar-refractivity contribution in [1.82, 2.24) is 9.55 Å². The highest BCUT2D eigenvalue weighted by molar-refractivity contribution is 7.71. The molecule has 0 radical (unpaired) electrons. The second-order valence-electron chi connectivity index (χ2n) is 4.03. The minimum atomic E-state index is 0.519. The molecule has 0 fully saturated rings. The Balaban J connectivity index is 2.47. The minimum absolute atomic E-state index is 0.519. The molecule has 0 atom stereocenters. The first-order valence-electron chi connectivity index (χ1n) is 5.61. The molecule has 1 N–H and O–H groups in total. The lowest BCUT2D eigenvalue weighted by Crippen LogP contribution is -1.97. The van der Waals surface area contributed by atoms with Gasteiger partial charge < -0.3 is 4.98 Å². The summed E-state index contributed by atoms with van der Waals surface area (Å²) in [6.45, 7) is 0. The number of nitrogens with one attached hydrogen (secondary N) is 1. The smallest absolute Gasteiger partial charge is 0.182 e. The maximum absolute atomic E-state index is 9.21. The summed E-state index contributed by atoms with van der Waals surface area (Å²) in [5.74, 6) is 0. The molecule has 0 aliphatic heterocycles. The van der Waals surface area contributed by atoms with Crippen LogP contribution in [0.2, 0.25) is 5.02 Å². The number of halogens is 1. The zero-order chi connectivity index (χ0) is 13.4. The molecule has 0 amide bonds. The summed E-state index contributed by atoms with van der Waals surface area (Å²) in [5, 5.41) is 9.80. The van der Waals surface area contributed by atoms with E-state index in [-0.39, 0.29) is 0 Å². The van der Waals surface area contributed by atoms with Crippen LogP contribution in [-0.4, -0.2) is 9.55 Å². The van der Waals surface area contributed by atoms with Crippen molar-refractivity contribution in [1.29, 1.82) is 5.26 Å². The molecule has 2 aromatic carbocycles. The highest BCUT2D eigenvalue weighted by Gasteiger charge is 2.12. The molecule has 0 spiro atoms. The first-order chi connectivity index (χ1) is 9.22. The number of benzene rings is 2. The Bertz CT molecular complexity index is 870. The van der Waals surface area contributed by atoms with Crippen LogP contribution < -0.4 is 0 Å². The third-order valence-corrected chi connectivity index (χ3v) is 3.51. The van der Waals surface area contributed by atoms with Crippen molar-refractivity contribution in [2.45, 2.75) is 0 Å². The lowest BCUT2D eigenvalue weighted by atomic mass is 10.2. The quantitative estimate of drug-likeness (QED) is 0.681. The van der Waals surface area contributed by atoms with Crippen molar-refractivity contribution in [3.05, 3.63) is 57.8 Å². The Morgan fingerprint density at radius 3 is 2.74 bits per heavy atom. The Morgan fingerprint density at radius 1 is 1.16 bits per heavy atom. The van der Waals surface area contributed by atoms with E-state index in [4.69, 9.17) is 23.8 Å². The normalized spacial score (nSPS) is 10.5. The molecule has 0 aliphatic rings. The van der Waals surface area contributed by atoms with E-state index in [1.54, 1.807) is 16.7 Å². The second-order valence-corrected chi connectivity index (χ2v) is 4.82. The fraction of sp³-hybridized carbons (Fsp3) is 0. The number of para-hydroxylation sites is 2. The van der Waals surface area contributed by atoms with Gasteiger partial charge in [-0.25, -0.2) is 0 Å². The molecule has 0 aliphatic carbocycles. The van der Waals surface area contributed by atoms with E-state index in [0.717, 1.165) is 16.7 Å². The van der Waals surface area contributed by atoms with Crippen LogP contribution in [0.25, 0.3) is 16.7 Å². The number of aromatic amines is 1. The Kier molecular flexibility index (Phi) is 2.86. The minimum Gasteiger partial charge on any atom is -0.330 e. The molecule has 0 bridgehead atoms. The number of H-pyrrole nitrogens is 1. The van der Waals surface area contributed by atoms with E-state index < -0.39 is 0 Å². The van der Waals surface area contributed by atoms with Gasteiger partial charge in [0.25, 0.3) is 0 Å². The van der Waals surface area contributed by atoms with Gasteiger partial charge in [0.1, 0.15) is 6.07 Å². The first-order valence-corrected chi connectivity index (χ1v) is 6.40. The molecule has 0 unspecified atom stereocenters. The number of imidazole rings is 1. The van der Waals surface area contributed by atoms with Gasteiger partial charge in [0, 0.05) is 0 Å². The Morgan fingerprint density at radius 2 is 1.95 bits per heavy atom. The molecule has 19 heavy (non-hydrogen) atoms. The van der Waals surface area contributed by atoms with Gasteiger partial charge in [-0.2, -0.15) is 5.26 Å². The largest absolute Gasteiger partial charge is 0.330 e. The third kappa shape index (κ3) is 1.84. The number of aromatic nitrogens is 2. The lowest BCUT2D eigenvalue weighted by Gasteiger charge is -2.07. The van der Waals surface area contributed by atoms with Gasteiger partial charge in [0.15, 0.2) is 4.77 Å². The molecule has 0 saturated heterocycles. The van der Waals surface area contributed by atoms with Crippen LogP contribution in [0.3, 0.4) is 0 Å². The Hall–Kier alpha value is -2.09. The standard InChI is InChI=1S/C14H8ClN3S/c15-10-5-3-6-11-13(10)18(14(19)17-11)12-7-2-1-4-9(12)8-16/h1-7H,(H,17,19). The number of nitriles is 1. The molecular formula is C14H8ClN3S. The van der Waals surface area contributed by atoms with Gasteiger partial charge in [-0.05, 0) is 36.5 Å².